The summed E-state index contributed by atoms with van der Waals surface area (Å²) >= 11 is 44.3. The summed E-state index contributed by atoms with van der Waals surface area (Å²) in [6, 6.07) is 6.97. The minimum atomic E-state index is -1.51. The van der Waals surface area contributed by atoms with Crippen LogP contribution in [-0.2, 0) is 0 Å². The Labute approximate surface area is 163 Å². The Morgan fingerprint density at radius 2 is 1.55 bits per heavy atom. The Hall–Kier alpha value is 0.790. The van der Waals surface area contributed by atoms with E-state index in [1.807, 2.05) is 0 Å². The van der Waals surface area contributed by atoms with Crippen molar-refractivity contribution in [3.8, 4) is 5.75 Å². The minimum absolute atomic E-state index is 0.187. The quantitative estimate of drug-likeness (QED) is 0.482. The van der Waals surface area contributed by atoms with E-state index in [2.05, 4.69) is 0 Å². The molecule has 0 radical (unpaired) electrons. The van der Waals surface area contributed by atoms with Crippen molar-refractivity contribution >= 4 is 81.2 Å². The molecule has 1 nitrogen and oxygen atoms in total. The molecule has 0 N–H and O–H groups in total. The van der Waals surface area contributed by atoms with Gasteiger partial charge in [0.05, 0.1) is 16.7 Å². The van der Waals surface area contributed by atoms with Gasteiger partial charge in [-0.1, -0.05) is 58.0 Å². The first-order valence-electron chi connectivity index (χ1n) is 6.35. The standard InChI is InChI=1S/C14H9Cl7O/c15-8-1-3-9(4-2-8)22-6-7-5-12(18)10(16)11(17)13(7,19)14(12,20)21/h1-4,7H,5-6H2/t7-,12-,13+/m1/s1. The molecule has 0 unspecified atom stereocenters. The number of hydrogen-bond donors (Lipinski definition) is 0. The first-order chi connectivity index (χ1) is 10.1. The van der Waals surface area contributed by atoms with Crippen molar-refractivity contribution in [2.75, 3.05) is 6.61 Å². The molecule has 1 aromatic rings. The van der Waals surface area contributed by atoms with Crippen LogP contribution in [0, 0.1) is 5.92 Å². The van der Waals surface area contributed by atoms with Crippen LogP contribution in [0.2, 0.25) is 5.02 Å². The van der Waals surface area contributed by atoms with Gasteiger partial charge >= 0.3 is 0 Å². The molecular weight excluding hydrogens is 432 g/mol. The highest BCUT2D eigenvalue weighted by Gasteiger charge is 2.78. The lowest BCUT2D eigenvalue weighted by molar-refractivity contribution is 0.234. The Bertz CT molecular complexity index is 641. The van der Waals surface area contributed by atoms with Crippen LogP contribution in [0.15, 0.2) is 34.3 Å². The fourth-order valence-electron chi connectivity index (χ4n) is 2.93. The van der Waals surface area contributed by atoms with E-state index in [0.717, 1.165) is 0 Å². The molecule has 0 spiro atoms. The molecule has 22 heavy (non-hydrogen) atoms. The Balaban J connectivity index is 1.84. The first kappa shape index (κ1) is 17.6. The molecule has 1 saturated carbocycles. The molecule has 3 rings (SSSR count). The largest absolute Gasteiger partial charge is 0.493 e. The van der Waals surface area contributed by atoms with Gasteiger partial charge in [-0.15, -0.1) is 23.2 Å². The van der Waals surface area contributed by atoms with Crippen LogP contribution in [0.25, 0.3) is 0 Å². The van der Waals surface area contributed by atoms with E-state index in [4.69, 9.17) is 85.9 Å². The van der Waals surface area contributed by atoms with Gasteiger partial charge in [-0.05, 0) is 30.7 Å². The predicted octanol–water partition coefficient (Wildman–Crippen LogP) is 6.57. The van der Waals surface area contributed by atoms with Crippen LogP contribution in [0.3, 0.4) is 0 Å². The molecule has 2 aliphatic rings. The van der Waals surface area contributed by atoms with Crippen LogP contribution >= 0.6 is 81.2 Å². The van der Waals surface area contributed by atoms with Gasteiger partial charge in [-0.25, -0.2) is 0 Å². The normalized spacial score (nSPS) is 36.0. The topological polar surface area (TPSA) is 9.23 Å². The molecule has 0 heterocycles. The number of hydrogen-bond acceptors (Lipinski definition) is 1. The zero-order valence-electron chi connectivity index (χ0n) is 10.9. The van der Waals surface area contributed by atoms with Gasteiger partial charge in [0.25, 0.3) is 0 Å². The fourth-order valence-corrected chi connectivity index (χ4v) is 5.89. The molecule has 8 heteroatoms. The number of fused-ring (bicyclic) bond motifs is 2. The minimum Gasteiger partial charge on any atom is -0.493 e. The second-order valence-corrected chi connectivity index (χ2v) is 9.14. The van der Waals surface area contributed by atoms with Gasteiger partial charge in [0.15, 0.2) is 4.33 Å². The molecule has 0 aromatic heterocycles. The molecule has 120 valence electrons. The number of halogens is 7. The van der Waals surface area contributed by atoms with Gasteiger partial charge in [-0.2, -0.15) is 0 Å². The van der Waals surface area contributed by atoms with Gasteiger partial charge in [0, 0.05) is 10.9 Å². The first-order valence-corrected chi connectivity index (χ1v) is 8.99. The second kappa shape index (κ2) is 5.66. The summed E-state index contributed by atoms with van der Waals surface area (Å²) in [6.45, 7) is 0.251. The molecule has 3 atom stereocenters. The summed E-state index contributed by atoms with van der Waals surface area (Å²) in [5.74, 6) is 0.365. The molecule has 2 bridgehead atoms. The highest BCUT2D eigenvalue weighted by Crippen LogP contribution is 2.74. The highest BCUT2D eigenvalue weighted by molar-refractivity contribution is 6.65. The van der Waals surface area contributed by atoms with Crippen LogP contribution < -0.4 is 4.74 Å². The van der Waals surface area contributed by atoms with Crippen molar-refractivity contribution in [1.29, 1.82) is 0 Å². The van der Waals surface area contributed by atoms with Crippen molar-refractivity contribution in [1.82, 2.24) is 0 Å². The third kappa shape index (κ3) is 2.20. The lowest BCUT2D eigenvalue weighted by Gasteiger charge is -2.33. The lowest BCUT2D eigenvalue weighted by Crippen LogP contribution is -2.45. The van der Waals surface area contributed by atoms with Crippen molar-refractivity contribution in [3.63, 3.8) is 0 Å². The average molecular weight is 441 g/mol. The van der Waals surface area contributed by atoms with Crippen molar-refractivity contribution in [2.45, 2.75) is 20.5 Å². The van der Waals surface area contributed by atoms with E-state index < -0.39 is 14.1 Å². The van der Waals surface area contributed by atoms with Gasteiger partial charge in [0.2, 0.25) is 0 Å². The van der Waals surface area contributed by atoms with E-state index in [9.17, 15) is 0 Å². The summed E-state index contributed by atoms with van der Waals surface area (Å²) in [5, 5.41) is 1.02. The van der Waals surface area contributed by atoms with Crippen molar-refractivity contribution in [3.05, 3.63) is 39.4 Å². The monoisotopic (exact) mass is 438 g/mol. The average Bonchev–Trinajstić information content (AvgIpc) is 2.69. The molecule has 0 amide bonds. The number of alkyl halides is 4. The summed E-state index contributed by atoms with van der Waals surface area (Å²) in [4.78, 5) is -2.48. The Morgan fingerprint density at radius 3 is 2.05 bits per heavy atom. The third-order valence-corrected chi connectivity index (χ3v) is 8.75. The summed E-state index contributed by atoms with van der Waals surface area (Å²) in [6.07, 6.45) is 0.369. The molecular formula is C14H9Cl7O. The third-order valence-electron chi connectivity index (χ3n) is 4.17. The smallest absolute Gasteiger partial charge is 0.166 e. The van der Waals surface area contributed by atoms with Gasteiger partial charge in [-0.3, -0.25) is 0 Å². The summed E-state index contributed by atoms with van der Waals surface area (Å²) < 4.78 is 4.23. The Morgan fingerprint density at radius 1 is 0.955 bits per heavy atom. The maximum absolute atomic E-state index is 6.66. The molecule has 0 aliphatic heterocycles. The molecule has 1 fully saturated rings. The van der Waals surface area contributed by atoms with Crippen molar-refractivity contribution < 1.29 is 4.74 Å². The van der Waals surface area contributed by atoms with E-state index in [1.165, 1.54) is 0 Å². The van der Waals surface area contributed by atoms with Crippen LogP contribution in [-0.4, -0.2) is 20.7 Å². The lowest BCUT2D eigenvalue weighted by atomic mass is 9.93. The van der Waals surface area contributed by atoms with E-state index >= 15 is 0 Å². The van der Waals surface area contributed by atoms with Gasteiger partial charge in [0.1, 0.15) is 15.5 Å². The van der Waals surface area contributed by atoms with Crippen molar-refractivity contribution in [2.24, 2.45) is 5.92 Å². The van der Waals surface area contributed by atoms with Crippen LogP contribution in [0.4, 0.5) is 0 Å². The maximum Gasteiger partial charge on any atom is 0.166 e. The van der Waals surface area contributed by atoms with Crippen LogP contribution in [0.1, 0.15) is 6.42 Å². The number of allylic oxidation sites excluding steroid dienone is 2. The molecule has 0 saturated heterocycles. The second-order valence-electron chi connectivity index (χ2n) is 5.38. The number of rotatable bonds is 3. The summed E-state index contributed by atoms with van der Waals surface area (Å²) in [5.41, 5.74) is 0. The fraction of sp³-hybridized carbons (Fsp3) is 0.429. The molecule has 2 aliphatic carbocycles. The number of ether oxygens (including phenoxy) is 1. The highest BCUT2D eigenvalue weighted by atomic mass is 35.5. The molecule has 1 aromatic carbocycles. The Kier molecular flexibility index (Phi) is 4.53. The van der Waals surface area contributed by atoms with Crippen LogP contribution in [0.5, 0.6) is 5.75 Å². The zero-order chi connectivity index (χ0) is 16.3. The summed E-state index contributed by atoms with van der Waals surface area (Å²) in [7, 11) is 0. The predicted molar refractivity (Wildman–Crippen MR) is 95.4 cm³/mol. The zero-order valence-corrected chi connectivity index (χ0v) is 16.1. The van der Waals surface area contributed by atoms with Gasteiger partial charge < -0.3 is 4.74 Å². The number of benzene rings is 1. The van der Waals surface area contributed by atoms with E-state index in [0.29, 0.717) is 17.2 Å². The SMILES string of the molecule is ClC1=C(Cl)[C@@]2(Cl)[C@@H](COc3ccc(Cl)cc3)C[C@]1(Cl)C2(Cl)Cl. The maximum atomic E-state index is 6.66. The van der Waals surface area contributed by atoms with E-state index in [-0.39, 0.29) is 22.6 Å². The van der Waals surface area contributed by atoms with E-state index in [1.54, 1.807) is 24.3 Å².